The molecule has 0 unspecified atom stereocenters. The first-order valence-corrected chi connectivity index (χ1v) is 10.8. The number of fused-ring (bicyclic) bond motifs is 1. The summed E-state index contributed by atoms with van der Waals surface area (Å²) in [6, 6.07) is 11.6. The van der Waals surface area contributed by atoms with E-state index in [1.54, 1.807) is 24.4 Å². The lowest BCUT2D eigenvalue weighted by Crippen LogP contribution is -2.17. The largest absolute Gasteiger partial charge is 0.416 e. The number of carbonyl (C=O) groups is 1. The lowest BCUT2D eigenvalue weighted by atomic mass is 9.96. The van der Waals surface area contributed by atoms with Gasteiger partial charge in [-0.1, -0.05) is 12.1 Å². The summed E-state index contributed by atoms with van der Waals surface area (Å²) in [5, 5.41) is 7.17. The first kappa shape index (κ1) is 22.0. The van der Waals surface area contributed by atoms with E-state index in [2.05, 4.69) is 20.4 Å². The Hall–Kier alpha value is -3.79. The van der Waals surface area contributed by atoms with Crippen LogP contribution in [0.4, 0.5) is 18.9 Å². The second-order valence-electron chi connectivity index (χ2n) is 8.02. The highest BCUT2D eigenvalue weighted by atomic mass is 19.4. The Morgan fingerprint density at radius 1 is 1.06 bits per heavy atom. The molecule has 5 rings (SSSR count). The van der Waals surface area contributed by atoms with E-state index in [1.165, 1.54) is 22.8 Å². The highest BCUT2D eigenvalue weighted by molar-refractivity contribution is 6.02. The zero-order valence-corrected chi connectivity index (χ0v) is 17.9. The molecule has 0 saturated carbocycles. The van der Waals surface area contributed by atoms with Gasteiger partial charge in [-0.2, -0.15) is 18.3 Å². The van der Waals surface area contributed by atoms with Crippen LogP contribution in [0.1, 0.15) is 40.5 Å². The molecule has 1 N–H and O–H groups in total. The quantitative estimate of drug-likeness (QED) is 0.459. The Morgan fingerprint density at radius 3 is 2.68 bits per heavy atom. The van der Waals surface area contributed by atoms with E-state index in [1.807, 2.05) is 6.07 Å². The van der Waals surface area contributed by atoms with Gasteiger partial charge in [0.15, 0.2) is 5.65 Å². The van der Waals surface area contributed by atoms with Crippen molar-refractivity contribution in [3.05, 3.63) is 77.9 Å². The fourth-order valence-corrected chi connectivity index (χ4v) is 3.98. The number of halogens is 3. The third-order valence-corrected chi connectivity index (χ3v) is 5.76. The summed E-state index contributed by atoms with van der Waals surface area (Å²) in [6.07, 6.45) is 0.368. The molecule has 4 aromatic rings. The molecule has 1 fully saturated rings. The molecule has 0 radical (unpaired) electrons. The fourth-order valence-electron chi connectivity index (χ4n) is 3.98. The van der Waals surface area contributed by atoms with Crippen LogP contribution in [0.15, 0.2) is 60.9 Å². The van der Waals surface area contributed by atoms with Crippen LogP contribution in [0.2, 0.25) is 0 Å². The minimum absolute atomic E-state index is 0.100. The fraction of sp³-hybridized carbons (Fsp3) is 0.250. The molecule has 1 saturated heterocycles. The number of benzene rings is 1. The van der Waals surface area contributed by atoms with E-state index in [0.29, 0.717) is 35.8 Å². The van der Waals surface area contributed by atoms with Crippen LogP contribution >= 0.6 is 0 Å². The predicted molar refractivity (Wildman–Crippen MR) is 118 cm³/mol. The molecule has 4 heterocycles. The van der Waals surface area contributed by atoms with Crippen molar-refractivity contribution >= 4 is 17.2 Å². The minimum atomic E-state index is -4.47. The number of aromatic nitrogens is 4. The Labute approximate surface area is 192 Å². The molecule has 1 aliphatic rings. The number of carbonyl (C=O) groups excluding carboxylic acids is 1. The van der Waals surface area contributed by atoms with Gasteiger partial charge in [0.05, 0.1) is 17.5 Å². The maximum atomic E-state index is 13.1. The average Bonchev–Trinajstić information content (AvgIpc) is 3.28. The summed E-state index contributed by atoms with van der Waals surface area (Å²) in [4.78, 5) is 21.5. The third-order valence-electron chi connectivity index (χ3n) is 5.76. The molecule has 3 aromatic heterocycles. The number of hydrogen-bond acceptors (Lipinski definition) is 5. The van der Waals surface area contributed by atoms with Gasteiger partial charge in [0.2, 0.25) is 0 Å². The molecule has 0 spiro atoms. The number of imidazole rings is 1. The molecule has 7 nitrogen and oxygen atoms in total. The molecule has 1 aliphatic heterocycles. The monoisotopic (exact) mass is 467 g/mol. The third kappa shape index (κ3) is 4.49. The number of ether oxygens (including phenoxy) is 1. The average molecular weight is 467 g/mol. The number of amides is 1. The molecule has 174 valence electrons. The molecule has 10 heteroatoms. The number of hydrogen-bond donors (Lipinski definition) is 1. The van der Waals surface area contributed by atoms with Crippen molar-refractivity contribution in [2.24, 2.45) is 0 Å². The molecule has 0 aliphatic carbocycles. The van der Waals surface area contributed by atoms with Crippen LogP contribution in [0.3, 0.4) is 0 Å². The van der Waals surface area contributed by atoms with E-state index in [9.17, 15) is 18.0 Å². The highest BCUT2D eigenvalue weighted by Crippen LogP contribution is 2.32. The molecule has 1 aromatic carbocycles. The summed E-state index contributed by atoms with van der Waals surface area (Å²) >= 11 is 0. The van der Waals surface area contributed by atoms with Crippen molar-refractivity contribution in [2.75, 3.05) is 18.5 Å². The summed E-state index contributed by atoms with van der Waals surface area (Å²) in [5.74, 6) is -0.171. The zero-order valence-electron chi connectivity index (χ0n) is 17.9. The number of alkyl halides is 3. The predicted octanol–water partition coefficient (Wildman–Crippen LogP) is 4.96. The summed E-state index contributed by atoms with van der Waals surface area (Å²) < 4.78 is 46.2. The van der Waals surface area contributed by atoms with E-state index < -0.39 is 17.6 Å². The van der Waals surface area contributed by atoms with Gasteiger partial charge >= 0.3 is 6.18 Å². The van der Waals surface area contributed by atoms with Gasteiger partial charge in [-0.05, 0) is 49.2 Å². The Balaban J connectivity index is 1.41. The SMILES string of the molecule is O=C(Nc1ccnc(C2CCOCC2)c1)c1ccc2ncc(-c3cccc(C(F)(F)F)c3)n2n1. The second kappa shape index (κ2) is 8.86. The molecule has 0 bridgehead atoms. The number of anilines is 1. The van der Waals surface area contributed by atoms with Crippen LogP contribution in [0.5, 0.6) is 0 Å². The number of rotatable bonds is 4. The van der Waals surface area contributed by atoms with Gasteiger partial charge in [-0.3, -0.25) is 9.78 Å². The van der Waals surface area contributed by atoms with Crippen LogP contribution in [0, 0.1) is 0 Å². The van der Waals surface area contributed by atoms with E-state index in [0.717, 1.165) is 30.7 Å². The maximum absolute atomic E-state index is 13.1. The summed E-state index contributed by atoms with van der Waals surface area (Å²) in [7, 11) is 0. The molecule has 34 heavy (non-hydrogen) atoms. The van der Waals surface area contributed by atoms with E-state index >= 15 is 0 Å². The van der Waals surface area contributed by atoms with Crippen molar-refractivity contribution in [2.45, 2.75) is 24.9 Å². The number of pyridine rings is 1. The van der Waals surface area contributed by atoms with E-state index in [-0.39, 0.29) is 11.6 Å². The second-order valence-corrected chi connectivity index (χ2v) is 8.02. The van der Waals surface area contributed by atoms with Gasteiger partial charge in [0.1, 0.15) is 5.69 Å². The Kier molecular flexibility index (Phi) is 5.74. The van der Waals surface area contributed by atoms with Gasteiger partial charge in [-0.25, -0.2) is 9.50 Å². The molecule has 1 amide bonds. The lowest BCUT2D eigenvalue weighted by molar-refractivity contribution is -0.137. The standard InChI is InChI=1S/C24H20F3N5O2/c25-24(26,27)17-3-1-2-16(12-17)21-14-29-22-5-4-19(31-32(21)22)23(33)30-18-6-9-28-20(13-18)15-7-10-34-11-8-15/h1-6,9,12-15H,7-8,10-11H2,(H,28,30,33). The van der Waals surface area contributed by atoms with Crippen LogP contribution in [0.25, 0.3) is 16.9 Å². The topological polar surface area (TPSA) is 81.4 Å². The zero-order chi connectivity index (χ0) is 23.7. The lowest BCUT2D eigenvalue weighted by Gasteiger charge is -2.21. The van der Waals surface area contributed by atoms with Crippen molar-refractivity contribution in [3.8, 4) is 11.3 Å². The molecular weight excluding hydrogens is 447 g/mol. The van der Waals surface area contributed by atoms with Gasteiger partial charge < -0.3 is 10.1 Å². The molecule has 0 atom stereocenters. The normalized spacial score (nSPS) is 14.9. The number of nitrogens with one attached hydrogen (secondary N) is 1. The number of nitrogens with zero attached hydrogens (tertiary/aromatic N) is 4. The van der Waals surface area contributed by atoms with Crippen LogP contribution in [-0.4, -0.2) is 38.7 Å². The first-order chi connectivity index (χ1) is 16.4. The van der Waals surface area contributed by atoms with Crippen molar-refractivity contribution < 1.29 is 22.7 Å². The summed E-state index contributed by atoms with van der Waals surface area (Å²) in [5.41, 5.74) is 1.87. The summed E-state index contributed by atoms with van der Waals surface area (Å²) in [6.45, 7) is 1.37. The van der Waals surface area contributed by atoms with Crippen molar-refractivity contribution in [1.82, 2.24) is 19.6 Å². The van der Waals surface area contributed by atoms with Crippen LogP contribution in [-0.2, 0) is 10.9 Å². The maximum Gasteiger partial charge on any atom is 0.416 e. The first-order valence-electron chi connectivity index (χ1n) is 10.8. The van der Waals surface area contributed by atoms with Gasteiger partial charge in [-0.15, -0.1) is 0 Å². The van der Waals surface area contributed by atoms with E-state index in [4.69, 9.17) is 4.74 Å². The smallest absolute Gasteiger partial charge is 0.381 e. The minimum Gasteiger partial charge on any atom is -0.381 e. The van der Waals surface area contributed by atoms with Crippen LogP contribution < -0.4 is 5.32 Å². The van der Waals surface area contributed by atoms with Gasteiger partial charge in [0, 0.05) is 42.3 Å². The highest BCUT2D eigenvalue weighted by Gasteiger charge is 2.30. The Morgan fingerprint density at radius 2 is 1.88 bits per heavy atom. The van der Waals surface area contributed by atoms with Gasteiger partial charge in [0.25, 0.3) is 5.91 Å². The Bertz CT molecular complexity index is 1350. The van der Waals surface area contributed by atoms with Crippen molar-refractivity contribution in [1.29, 1.82) is 0 Å². The van der Waals surface area contributed by atoms with Crippen molar-refractivity contribution in [3.63, 3.8) is 0 Å². The molecular formula is C24H20F3N5O2.